The fourth-order valence-electron chi connectivity index (χ4n) is 2.63. The molecule has 0 aliphatic rings. The number of anilines is 1. The standard InChI is InChI=1S/C19H22N4O/c1-5-22(6-2)18-9-7-16(8-10-18)12-17(13-20)19(24)23-15(4)11-14(3)21-23/h7-12H,5-6H2,1-4H3/b17-12+. The number of hydrogen-bond acceptors (Lipinski definition) is 4. The highest BCUT2D eigenvalue weighted by Gasteiger charge is 2.15. The van der Waals surface area contributed by atoms with Gasteiger partial charge in [-0.3, -0.25) is 4.79 Å². The van der Waals surface area contributed by atoms with Crippen LogP contribution < -0.4 is 4.90 Å². The highest BCUT2D eigenvalue weighted by atomic mass is 16.2. The average Bonchev–Trinajstić information content (AvgIpc) is 2.93. The summed E-state index contributed by atoms with van der Waals surface area (Å²) in [5.74, 6) is -0.407. The monoisotopic (exact) mass is 322 g/mol. The van der Waals surface area contributed by atoms with E-state index in [1.807, 2.05) is 43.3 Å². The summed E-state index contributed by atoms with van der Waals surface area (Å²) < 4.78 is 1.27. The molecule has 2 aromatic rings. The van der Waals surface area contributed by atoms with E-state index in [4.69, 9.17) is 0 Å². The van der Waals surface area contributed by atoms with Gasteiger partial charge in [0.1, 0.15) is 11.6 Å². The lowest BCUT2D eigenvalue weighted by Crippen LogP contribution is -2.21. The third-order valence-corrected chi connectivity index (χ3v) is 3.89. The number of aromatic nitrogens is 2. The predicted molar refractivity (Wildman–Crippen MR) is 95.9 cm³/mol. The first-order valence-electron chi connectivity index (χ1n) is 8.04. The van der Waals surface area contributed by atoms with Gasteiger partial charge in [-0.15, -0.1) is 0 Å². The second-order valence-corrected chi connectivity index (χ2v) is 5.58. The Bertz CT molecular complexity index is 790. The van der Waals surface area contributed by atoms with Gasteiger partial charge in [0, 0.05) is 24.5 Å². The van der Waals surface area contributed by atoms with Crippen molar-refractivity contribution in [1.29, 1.82) is 5.26 Å². The van der Waals surface area contributed by atoms with Crippen LogP contribution in [0.25, 0.3) is 6.08 Å². The Hall–Kier alpha value is -2.87. The van der Waals surface area contributed by atoms with E-state index in [2.05, 4.69) is 23.8 Å². The molecule has 0 spiro atoms. The van der Waals surface area contributed by atoms with Crippen molar-refractivity contribution >= 4 is 17.7 Å². The number of carbonyl (C=O) groups excluding carboxylic acids is 1. The van der Waals surface area contributed by atoms with Crippen LogP contribution in [0.4, 0.5) is 5.69 Å². The van der Waals surface area contributed by atoms with E-state index >= 15 is 0 Å². The van der Waals surface area contributed by atoms with Gasteiger partial charge in [0.25, 0.3) is 5.91 Å². The van der Waals surface area contributed by atoms with Gasteiger partial charge in [-0.25, -0.2) is 4.68 Å². The van der Waals surface area contributed by atoms with Crippen LogP contribution in [0.5, 0.6) is 0 Å². The van der Waals surface area contributed by atoms with Crippen molar-refractivity contribution in [2.45, 2.75) is 27.7 Å². The van der Waals surface area contributed by atoms with Gasteiger partial charge >= 0.3 is 0 Å². The summed E-state index contributed by atoms with van der Waals surface area (Å²) in [4.78, 5) is 14.7. The van der Waals surface area contributed by atoms with E-state index < -0.39 is 5.91 Å². The lowest BCUT2D eigenvalue weighted by atomic mass is 10.1. The summed E-state index contributed by atoms with van der Waals surface area (Å²) in [7, 11) is 0. The molecule has 5 heteroatoms. The van der Waals surface area contributed by atoms with Crippen molar-refractivity contribution in [3.05, 3.63) is 52.9 Å². The van der Waals surface area contributed by atoms with E-state index in [0.29, 0.717) is 0 Å². The number of nitrogens with zero attached hydrogens (tertiary/aromatic N) is 4. The first kappa shape index (κ1) is 17.5. The second-order valence-electron chi connectivity index (χ2n) is 5.58. The fourth-order valence-corrected chi connectivity index (χ4v) is 2.63. The van der Waals surface area contributed by atoms with Crippen LogP contribution in [0.15, 0.2) is 35.9 Å². The Balaban J connectivity index is 2.29. The molecule has 0 aliphatic heterocycles. The van der Waals surface area contributed by atoms with Gasteiger partial charge < -0.3 is 4.90 Å². The van der Waals surface area contributed by atoms with Crippen molar-refractivity contribution in [2.75, 3.05) is 18.0 Å². The predicted octanol–water partition coefficient (Wildman–Crippen LogP) is 3.59. The molecule has 0 aliphatic carbocycles. The Labute approximate surface area is 142 Å². The maximum absolute atomic E-state index is 12.5. The van der Waals surface area contributed by atoms with Gasteiger partial charge in [-0.05, 0) is 57.5 Å². The molecule has 124 valence electrons. The molecule has 24 heavy (non-hydrogen) atoms. The number of rotatable bonds is 5. The minimum absolute atomic E-state index is 0.0665. The van der Waals surface area contributed by atoms with Gasteiger partial charge in [-0.1, -0.05) is 12.1 Å². The smallest absolute Gasteiger partial charge is 0.289 e. The summed E-state index contributed by atoms with van der Waals surface area (Å²) in [5.41, 5.74) is 3.48. The third kappa shape index (κ3) is 3.72. The largest absolute Gasteiger partial charge is 0.372 e. The Morgan fingerprint density at radius 2 is 1.88 bits per heavy atom. The number of aryl methyl sites for hydroxylation is 2. The lowest BCUT2D eigenvalue weighted by molar-refractivity contribution is 0.0944. The average molecular weight is 322 g/mol. The summed E-state index contributed by atoms with van der Waals surface area (Å²) in [6, 6.07) is 11.6. The third-order valence-electron chi connectivity index (χ3n) is 3.89. The Morgan fingerprint density at radius 1 is 1.25 bits per heavy atom. The minimum Gasteiger partial charge on any atom is -0.372 e. The van der Waals surface area contributed by atoms with E-state index in [0.717, 1.165) is 35.7 Å². The topological polar surface area (TPSA) is 61.9 Å². The van der Waals surface area contributed by atoms with Gasteiger partial charge in [-0.2, -0.15) is 10.4 Å². The Kier molecular flexibility index (Phi) is 5.54. The summed E-state index contributed by atoms with van der Waals surface area (Å²) in [6.07, 6.45) is 1.60. The zero-order chi connectivity index (χ0) is 17.7. The molecule has 0 fully saturated rings. The molecule has 0 bridgehead atoms. The fraction of sp³-hybridized carbons (Fsp3) is 0.316. The molecule has 1 heterocycles. The number of benzene rings is 1. The number of hydrogen-bond donors (Lipinski definition) is 0. The number of nitriles is 1. The molecule has 0 radical (unpaired) electrons. The highest BCUT2D eigenvalue weighted by Crippen LogP contribution is 2.17. The normalized spacial score (nSPS) is 11.2. The van der Waals surface area contributed by atoms with Crippen molar-refractivity contribution in [3.63, 3.8) is 0 Å². The first-order chi connectivity index (χ1) is 11.5. The van der Waals surface area contributed by atoms with Crippen molar-refractivity contribution in [1.82, 2.24) is 9.78 Å². The van der Waals surface area contributed by atoms with Crippen molar-refractivity contribution in [3.8, 4) is 6.07 Å². The van der Waals surface area contributed by atoms with E-state index in [1.54, 1.807) is 13.0 Å². The van der Waals surface area contributed by atoms with Crippen LogP contribution >= 0.6 is 0 Å². The maximum atomic E-state index is 12.5. The molecular formula is C19H22N4O. The van der Waals surface area contributed by atoms with Crippen LogP contribution in [0.3, 0.4) is 0 Å². The van der Waals surface area contributed by atoms with Crippen molar-refractivity contribution in [2.24, 2.45) is 0 Å². The van der Waals surface area contributed by atoms with Crippen LogP contribution in [-0.4, -0.2) is 28.8 Å². The number of carbonyl (C=O) groups is 1. The molecule has 2 rings (SSSR count). The molecule has 0 atom stereocenters. The lowest BCUT2D eigenvalue weighted by Gasteiger charge is -2.20. The van der Waals surface area contributed by atoms with Gasteiger partial charge in [0.2, 0.25) is 0 Å². The van der Waals surface area contributed by atoms with Crippen LogP contribution in [-0.2, 0) is 0 Å². The van der Waals surface area contributed by atoms with Gasteiger partial charge in [0.15, 0.2) is 0 Å². The minimum atomic E-state index is -0.407. The van der Waals surface area contributed by atoms with Crippen molar-refractivity contribution < 1.29 is 4.79 Å². The van der Waals surface area contributed by atoms with Crippen LogP contribution in [0.1, 0.15) is 35.6 Å². The Morgan fingerprint density at radius 3 is 2.33 bits per heavy atom. The zero-order valence-corrected chi connectivity index (χ0v) is 14.6. The van der Waals surface area contributed by atoms with E-state index in [1.165, 1.54) is 4.68 Å². The molecule has 0 saturated heterocycles. The highest BCUT2D eigenvalue weighted by molar-refractivity contribution is 6.03. The van der Waals surface area contributed by atoms with Gasteiger partial charge in [0.05, 0.1) is 5.69 Å². The molecule has 0 N–H and O–H groups in total. The molecule has 0 saturated carbocycles. The van der Waals surface area contributed by atoms with E-state index in [-0.39, 0.29) is 5.57 Å². The van der Waals surface area contributed by atoms with Crippen LogP contribution in [0, 0.1) is 25.2 Å². The molecular weight excluding hydrogens is 300 g/mol. The van der Waals surface area contributed by atoms with Crippen LogP contribution in [0.2, 0.25) is 0 Å². The first-order valence-corrected chi connectivity index (χ1v) is 8.04. The number of allylic oxidation sites excluding steroid dienone is 1. The zero-order valence-electron chi connectivity index (χ0n) is 14.6. The molecule has 0 amide bonds. The summed E-state index contributed by atoms with van der Waals surface area (Å²) in [5, 5.41) is 13.5. The molecule has 0 unspecified atom stereocenters. The second kappa shape index (κ2) is 7.60. The SMILES string of the molecule is CCN(CC)c1ccc(/C=C(\C#N)C(=O)n2nc(C)cc2C)cc1. The maximum Gasteiger partial charge on any atom is 0.289 e. The van der Waals surface area contributed by atoms with E-state index in [9.17, 15) is 10.1 Å². The molecule has 1 aromatic heterocycles. The quantitative estimate of drug-likeness (QED) is 0.623. The summed E-state index contributed by atoms with van der Waals surface area (Å²) >= 11 is 0. The summed E-state index contributed by atoms with van der Waals surface area (Å²) in [6.45, 7) is 9.71. The molecule has 5 nitrogen and oxygen atoms in total. The molecule has 1 aromatic carbocycles.